The van der Waals surface area contributed by atoms with Gasteiger partial charge in [0.2, 0.25) is 0 Å². The van der Waals surface area contributed by atoms with Gasteiger partial charge in [-0.25, -0.2) is 0 Å². The molecule has 0 radical (unpaired) electrons. The van der Waals surface area contributed by atoms with E-state index in [1.807, 2.05) is 0 Å². The Kier molecular flexibility index (Phi) is 22.7. The molecule has 0 nitrogen and oxygen atoms in total. The maximum absolute atomic E-state index is 4.70. The van der Waals surface area contributed by atoms with Crippen LogP contribution in [0.4, 0.5) is 0 Å². The number of benzene rings is 8. The molecule has 0 saturated carbocycles. The summed E-state index contributed by atoms with van der Waals surface area (Å²) in [6.07, 6.45) is 10.1. The SMILES string of the molecule is [Cl][Ni][Cl].c1ccc(P(CCCCP(c2ccccc2)c2ccccc2)c2ccccc2)cc1.c1ccc(P(CCCCP(c2ccccc2)c2ccccc2)c2ccccc2)cc1. The van der Waals surface area contributed by atoms with Crippen molar-refractivity contribution >= 4 is 94.5 Å². The summed E-state index contributed by atoms with van der Waals surface area (Å²) in [7, 11) is 8.27. The molecule has 0 amide bonds. The van der Waals surface area contributed by atoms with Crippen LogP contribution in [0.25, 0.3) is 0 Å². The van der Waals surface area contributed by atoms with Gasteiger partial charge in [0, 0.05) is 0 Å². The van der Waals surface area contributed by atoms with Gasteiger partial charge in [-0.05, 0) is 124 Å². The fourth-order valence-corrected chi connectivity index (χ4v) is 17.2. The Bertz CT molecular complexity index is 1850. The van der Waals surface area contributed by atoms with Crippen molar-refractivity contribution in [2.75, 3.05) is 24.6 Å². The van der Waals surface area contributed by atoms with Crippen LogP contribution in [0.5, 0.6) is 0 Å². The summed E-state index contributed by atoms with van der Waals surface area (Å²) in [6, 6.07) is 88.7. The number of hydrogen-bond donors (Lipinski definition) is 0. The van der Waals surface area contributed by atoms with Crippen molar-refractivity contribution in [2.24, 2.45) is 0 Å². The minimum absolute atomic E-state index is 0.283. The van der Waals surface area contributed by atoms with Crippen LogP contribution in [-0.4, -0.2) is 24.6 Å². The van der Waals surface area contributed by atoms with Gasteiger partial charge < -0.3 is 0 Å². The summed E-state index contributed by atoms with van der Waals surface area (Å²) in [5.74, 6) is 0. The van der Waals surface area contributed by atoms with Gasteiger partial charge in [-0.2, -0.15) is 0 Å². The summed E-state index contributed by atoms with van der Waals surface area (Å²) < 4.78 is 0. The van der Waals surface area contributed by atoms with E-state index in [1.54, 1.807) is 0 Å². The van der Waals surface area contributed by atoms with Crippen LogP contribution in [0.15, 0.2) is 243 Å². The van der Waals surface area contributed by atoms with Crippen LogP contribution in [0.3, 0.4) is 0 Å². The van der Waals surface area contributed by atoms with E-state index in [4.69, 9.17) is 20.4 Å². The second kappa shape index (κ2) is 29.2. The Morgan fingerprint density at radius 1 is 0.222 bits per heavy atom. The zero-order valence-corrected chi connectivity index (χ0v) is 41.7. The molecule has 8 aromatic rings. The molecule has 0 bridgehead atoms. The molecule has 0 unspecified atom stereocenters. The third kappa shape index (κ3) is 16.5. The molecule has 0 spiro atoms. The van der Waals surface area contributed by atoms with Gasteiger partial charge in [0.15, 0.2) is 0 Å². The van der Waals surface area contributed by atoms with Crippen molar-refractivity contribution in [3.63, 3.8) is 0 Å². The molecule has 63 heavy (non-hydrogen) atoms. The summed E-state index contributed by atoms with van der Waals surface area (Å²) in [6.45, 7) is 0. The summed E-state index contributed by atoms with van der Waals surface area (Å²) >= 11 is 0.569. The second-order valence-electron chi connectivity index (χ2n) is 14.8. The fraction of sp³-hybridized carbons (Fsp3) is 0.143. The van der Waals surface area contributed by atoms with Crippen molar-refractivity contribution in [3.8, 4) is 0 Å². The summed E-state index contributed by atoms with van der Waals surface area (Å²) in [5.41, 5.74) is 0. The van der Waals surface area contributed by atoms with Gasteiger partial charge in [-0.15, -0.1) is 0 Å². The van der Waals surface area contributed by atoms with E-state index < -0.39 is 0 Å². The summed E-state index contributed by atoms with van der Waals surface area (Å²) in [4.78, 5) is 0. The predicted molar refractivity (Wildman–Crippen MR) is 286 cm³/mol. The molecule has 8 rings (SSSR count). The second-order valence-corrected chi connectivity index (χ2v) is 25.7. The van der Waals surface area contributed by atoms with E-state index in [0.717, 1.165) is 0 Å². The maximum atomic E-state index is 4.70. The zero-order chi connectivity index (χ0) is 43.6. The first-order valence-corrected chi connectivity index (χ1v) is 30.4. The topological polar surface area (TPSA) is 0 Å². The predicted octanol–water partition coefficient (Wildman–Crippen LogP) is 13.4. The molecular weight excluding hydrogens is 926 g/mol. The van der Waals surface area contributed by atoms with Crippen LogP contribution in [0, 0.1) is 0 Å². The summed E-state index contributed by atoms with van der Waals surface area (Å²) in [5, 5.41) is 11.9. The Balaban J connectivity index is 0.000000198. The first kappa shape index (κ1) is 49.0. The average Bonchev–Trinajstić information content (AvgIpc) is 3.36. The molecule has 0 atom stereocenters. The normalized spacial score (nSPS) is 11.0. The molecule has 0 N–H and O–H groups in total. The van der Waals surface area contributed by atoms with Crippen LogP contribution < -0.4 is 42.4 Å². The Labute approximate surface area is 397 Å². The van der Waals surface area contributed by atoms with Crippen molar-refractivity contribution in [3.05, 3.63) is 243 Å². The standard InChI is InChI=1S/2C28H28P2.2ClH.Ni/c2*1-5-15-25(16-6-1)29(26-17-7-2-8-18-26)23-13-14-24-30(27-19-9-3-10-20-27)28-21-11-4-12-22-28;;;/h2*1-12,15-22H,13-14,23-24H2;2*1H;/q;;;;+2/p-2. The largest absolute Gasteiger partial charge is 0.0622 e. The van der Waals surface area contributed by atoms with E-state index in [1.165, 1.54) is 92.8 Å². The Morgan fingerprint density at radius 2 is 0.333 bits per heavy atom. The molecule has 7 heteroatoms. The molecule has 324 valence electrons. The fourth-order valence-electron chi connectivity index (χ4n) is 7.57. The molecule has 0 fully saturated rings. The first-order chi connectivity index (χ1) is 31.2. The molecule has 0 aliphatic rings. The van der Waals surface area contributed by atoms with E-state index in [9.17, 15) is 0 Å². The molecular formula is C56H56Cl2NiP4. The molecule has 8 aromatic carbocycles. The first-order valence-electron chi connectivity index (χ1n) is 21.6. The maximum Gasteiger partial charge on any atom is -0.0195 e. The van der Waals surface area contributed by atoms with E-state index >= 15 is 0 Å². The number of unbranched alkanes of at least 4 members (excludes halogenated alkanes) is 2. The molecule has 0 saturated heterocycles. The number of halogens is 2. The Morgan fingerprint density at radius 3 is 0.444 bits per heavy atom. The van der Waals surface area contributed by atoms with E-state index in [-0.39, 0.29) is 31.7 Å². The number of hydrogen-bond acceptors (Lipinski definition) is 0. The zero-order valence-electron chi connectivity index (χ0n) is 35.6. The van der Waals surface area contributed by atoms with Crippen molar-refractivity contribution in [2.45, 2.75) is 25.7 Å². The van der Waals surface area contributed by atoms with Crippen LogP contribution >= 0.6 is 52.1 Å². The van der Waals surface area contributed by atoms with Crippen molar-refractivity contribution < 1.29 is 12.7 Å². The van der Waals surface area contributed by atoms with Gasteiger partial charge in [0.1, 0.15) is 0 Å². The van der Waals surface area contributed by atoms with Gasteiger partial charge in [-0.1, -0.05) is 243 Å². The minimum Gasteiger partial charge on any atom is -0.0622 e. The van der Waals surface area contributed by atoms with Gasteiger partial charge in [-0.3, -0.25) is 0 Å². The van der Waals surface area contributed by atoms with Crippen molar-refractivity contribution in [1.29, 1.82) is 0 Å². The molecule has 0 aromatic heterocycles. The molecule has 0 heterocycles. The van der Waals surface area contributed by atoms with E-state index in [2.05, 4.69) is 243 Å². The average molecular weight is 983 g/mol. The number of rotatable bonds is 18. The third-order valence-corrected chi connectivity index (χ3v) is 21.0. The van der Waals surface area contributed by atoms with Gasteiger partial charge >= 0.3 is 33.0 Å². The monoisotopic (exact) mass is 980 g/mol. The van der Waals surface area contributed by atoms with Crippen LogP contribution in [0.1, 0.15) is 25.7 Å². The van der Waals surface area contributed by atoms with Crippen molar-refractivity contribution in [1.82, 2.24) is 0 Å². The Hall–Kier alpha value is -3.45. The van der Waals surface area contributed by atoms with Crippen LogP contribution in [-0.2, 0) is 12.7 Å². The van der Waals surface area contributed by atoms with Crippen LogP contribution in [0.2, 0.25) is 0 Å². The minimum atomic E-state index is -0.283. The quantitative estimate of drug-likeness (QED) is 0.0457. The smallest absolute Gasteiger partial charge is 0.0195 e. The van der Waals surface area contributed by atoms with Gasteiger partial charge in [0.25, 0.3) is 0 Å². The third-order valence-electron chi connectivity index (χ3n) is 10.6. The van der Waals surface area contributed by atoms with Gasteiger partial charge in [0.05, 0.1) is 0 Å². The van der Waals surface area contributed by atoms with E-state index in [0.29, 0.717) is 12.7 Å². The molecule has 0 aliphatic carbocycles. The molecule has 0 aliphatic heterocycles.